The van der Waals surface area contributed by atoms with Gasteiger partial charge in [0.2, 0.25) is 0 Å². The molecule has 2 N–H and O–H groups in total. The average Bonchev–Trinajstić information content (AvgIpc) is 3.09. The van der Waals surface area contributed by atoms with Crippen LogP contribution in [0.1, 0.15) is 52.2 Å². The number of aromatic nitrogens is 2. The summed E-state index contributed by atoms with van der Waals surface area (Å²) in [6, 6.07) is 1.64. The van der Waals surface area contributed by atoms with Crippen LogP contribution in [0.5, 0.6) is 0 Å². The molecule has 0 aliphatic carbocycles. The van der Waals surface area contributed by atoms with E-state index in [-0.39, 0.29) is 17.3 Å². The Labute approximate surface area is 151 Å². The third-order valence-electron chi connectivity index (χ3n) is 4.21. The minimum absolute atomic E-state index is 0.0578. The van der Waals surface area contributed by atoms with E-state index in [1.165, 1.54) is 0 Å². The molecule has 146 valence electrons. The van der Waals surface area contributed by atoms with Crippen LogP contribution in [0, 0.1) is 6.92 Å². The molecule has 3 rings (SSSR count). The molecule has 1 saturated heterocycles. The van der Waals surface area contributed by atoms with Crippen LogP contribution < -0.4 is 16.3 Å². The highest BCUT2D eigenvalue weighted by Gasteiger charge is 2.38. The van der Waals surface area contributed by atoms with Gasteiger partial charge in [-0.25, -0.2) is 4.79 Å². The Kier molecular flexibility index (Phi) is 5.31. The van der Waals surface area contributed by atoms with E-state index in [4.69, 9.17) is 4.42 Å². The van der Waals surface area contributed by atoms with Crippen LogP contribution in [0.4, 0.5) is 13.2 Å². The largest absolute Gasteiger partial charge is 0.471 e. The van der Waals surface area contributed by atoms with Crippen molar-refractivity contribution in [1.82, 2.24) is 20.8 Å². The highest BCUT2D eigenvalue weighted by molar-refractivity contribution is 5.95. The van der Waals surface area contributed by atoms with Crippen LogP contribution in [-0.2, 0) is 12.7 Å². The molecular formula is C16H17F3N4O4. The quantitative estimate of drug-likeness (QED) is 0.824. The van der Waals surface area contributed by atoms with Crippen molar-refractivity contribution in [2.24, 2.45) is 0 Å². The first-order valence-electron chi connectivity index (χ1n) is 8.29. The number of aryl methyl sites for hydroxylation is 1. The summed E-state index contributed by atoms with van der Waals surface area (Å²) in [7, 11) is 0. The molecule has 1 unspecified atom stereocenters. The van der Waals surface area contributed by atoms with Crippen LogP contribution in [0.25, 0.3) is 0 Å². The van der Waals surface area contributed by atoms with Crippen molar-refractivity contribution in [3.8, 4) is 0 Å². The number of carbonyl (C=O) groups excluding carboxylic acids is 1. The number of rotatable bonds is 4. The molecule has 0 aromatic carbocycles. The zero-order valence-electron chi connectivity index (χ0n) is 14.4. The Hall–Kier alpha value is -2.69. The highest BCUT2D eigenvalue weighted by atomic mass is 19.4. The molecule has 8 nitrogen and oxygen atoms in total. The lowest BCUT2D eigenvalue weighted by Gasteiger charge is -2.22. The maximum atomic E-state index is 12.4. The van der Waals surface area contributed by atoms with Crippen LogP contribution in [0.2, 0.25) is 0 Å². The highest BCUT2D eigenvalue weighted by Crippen LogP contribution is 2.27. The summed E-state index contributed by atoms with van der Waals surface area (Å²) in [6.07, 6.45) is -2.93. The minimum atomic E-state index is -4.77. The molecular weight excluding hydrogens is 369 g/mol. The number of halogens is 3. The molecule has 1 amide bonds. The molecule has 1 aliphatic heterocycles. The number of nitrogens with zero attached hydrogens (tertiary/aromatic N) is 2. The summed E-state index contributed by atoms with van der Waals surface area (Å²) < 4.78 is 46.6. The molecule has 3 heterocycles. The number of hydrogen-bond acceptors (Lipinski definition) is 7. The fourth-order valence-electron chi connectivity index (χ4n) is 2.89. The lowest BCUT2D eigenvalue weighted by Crippen LogP contribution is -2.31. The van der Waals surface area contributed by atoms with Gasteiger partial charge in [0.15, 0.2) is 5.82 Å². The molecule has 2 aromatic rings. The van der Waals surface area contributed by atoms with Gasteiger partial charge in [0.1, 0.15) is 11.3 Å². The monoisotopic (exact) mass is 386 g/mol. The van der Waals surface area contributed by atoms with E-state index in [2.05, 4.69) is 25.3 Å². The molecule has 0 radical (unpaired) electrons. The summed E-state index contributed by atoms with van der Waals surface area (Å²) in [5, 5.41) is 8.65. The van der Waals surface area contributed by atoms with Crippen LogP contribution in [-0.4, -0.2) is 29.1 Å². The summed E-state index contributed by atoms with van der Waals surface area (Å²) in [5.74, 6) is -2.08. The van der Waals surface area contributed by atoms with Crippen molar-refractivity contribution < 1.29 is 26.9 Å². The van der Waals surface area contributed by atoms with E-state index in [1.54, 1.807) is 13.0 Å². The number of carbonyl (C=O) groups is 1. The molecule has 2 aromatic heterocycles. The Morgan fingerprint density at radius 1 is 1.44 bits per heavy atom. The zero-order chi connectivity index (χ0) is 19.6. The van der Waals surface area contributed by atoms with E-state index in [1.807, 2.05) is 0 Å². The third-order valence-corrected chi connectivity index (χ3v) is 4.21. The van der Waals surface area contributed by atoms with Gasteiger partial charge in [-0.2, -0.15) is 18.2 Å². The number of amides is 1. The number of alkyl halides is 3. The van der Waals surface area contributed by atoms with Gasteiger partial charge in [0.25, 0.3) is 5.91 Å². The van der Waals surface area contributed by atoms with Gasteiger partial charge in [-0.15, -0.1) is 0 Å². The van der Waals surface area contributed by atoms with E-state index < -0.39 is 30.1 Å². The fraction of sp³-hybridized carbons (Fsp3) is 0.500. The van der Waals surface area contributed by atoms with Gasteiger partial charge in [-0.05, 0) is 37.9 Å². The molecule has 0 spiro atoms. The number of piperidine rings is 1. The number of nitrogens with one attached hydrogen (secondary N) is 2. The number of hydrogen-bond donors (Lipinski definition) is 2. The van der Waals surface area contributed by atoms with Crippen molar-refractivity contribution in [1.29, 1.82) is 0 Å². The van der Waals surface area contributed by atoms with Crippen molar-refractivity contribution >= 4 is 5.91 Å². The maximum absolute atomic E-state index is 12.4. The van der Waals surface area contributed by atoms with Gasteiger partial charge in [-0.3, -0.25) is 4.79 Å². The molecule has 11 heteroatoms. The molecule has 0 bridgehead atoms. The van der Waals surface area contributed by atoms with E-state index >= 15 is 0 Å². The van der Waals surface area contributed by atoms with E-state index in [0.717, 1.165) is 19.4 Å². The first-order chi connectivity index (χ1) is 12.8. The van der Waals surface area contributed by atoms with E-state index in [9.17, 15) is 22.8 Å². The standard InChI is InChI=1S/C16H17F3N4O4/c1-8-5-10(9-3-2-4-20-6-9)26-14(25)12(8)13(24)21-7-11-22-15(27-23-11)16(17,18)19/h5,9,20H,2-4,6-7H2,1H3,(H,21,24). The second kappa shape index (κ2) is 7.51. The first kappa shape index (κ1) is 19.1. The van der Waals surface area contributed by atoms with Gasteiger partial charge >= 0.3 is 17.7 Å². The minimum Gasteiger partial charge on any atom is -0.427 e. The summed E-state index contributed by atoms with van der Waals surface area (Å²) in [5.41, 5.74) is -0.576. The van der Waals surface area contributed by atoms with Crippen molar-refractivity contribution in [2.75, 3.05) is 13.1 Å². The predicted octanol–water partition coefficient (Wildman–Crippen LogP) is 1.75. The van der Waals surface area contributed by atoms with E-state index in [0.29, 0.717) is 17.9 Å². The Morgan fingerprint density at radius 3 is 2.81 bits per heavy atom. The third kappa shape index (κ3) is 4.35. The summed E-state index contributed by atoms with van der Waals surface area (Å²) in [4.78, 5) is 27.6. The molecule has 0 saturated carbocycles. The SMILES string of the molecule is Cc1cc(C2CCCNC2)oc(=O)c1C(=O)NCc1noc(C(F)(F)F)n1. The Morgan fingerprint density at radius 2 is 2.22 bits per heavy atom. The maximum Gasteiger partial charge on any atom is 0.471 e. The lowest BCUT2D eigenvalue weighted by molar-refractivity contribution is -0.159. The lowest BCUT2D eigenvalue weighted by atomic mass is 9.95. The van der Waals surface area contributed by atoms with Gasteiger partial charge in [-0.1, -0.05) is 5.16 Å². The second-order valence-electron chi connectivity index (χ2n) is 6.23. The summed E-state index contributed by atoms with van der Waals surface area (Å²) >= 11 is 0. The van der Waals surface area contributed by atoms with Crippen LogP contribution in [0.15, 0.2) is 19.8 Å². The Bertz CT molecular complexity index is 885. The zero-order valence-corrected chi connectivity index (χ0v) is 14.4. The van der Waals surface area contributed by atoms with Crippen molar-refractivity contribution in [3.63, 3.8) is 0 Å². The summed E-state index contributed by atoms with van der Waals surface area (Å²) in [6.45, 7) is 2.77. The molecule has 1 atom stereocenters. The first-order valence-corrected chi connectivity index (χ1v) is 8.29. The smallest absolute Gasteiger partial charge is 0.427 e. The molecule has 1 fully saturated rings. The second-order valence-corrected chi connectivity index (χ2v) is 6.23. The average molecular weight is 386 g/mol. The van der Waals surface area contributed by atoms with Crippen LogP contribution >= 0.6 is 0 Å². The molecule has 27 heavy (non-hydrogen) atoms. The molecule has 1 aliphatic rings. The van der Waals surface area contributed by atoms with Gasteiger partial charge in [0.05, 0.1) is 6.54 Å². The predicted molar refractivity (Wildman–Crippen MR) is 85.0 cm³/mol. The van der Waals surface area contributed by atoms with Crippen LogP contribution in [0.3, 0.4) is 0 Å². The van der Waals surface area contributed by atoms with Gasteiger partial charge < -0.3 is 19.6 Å². The Balaban J connectivity index is 1.71. The van der Waals surface area contributed by atoms with Crippen molar-refractivity contribution in [2.45, 2.75) is 38.4 Å². The normalized spacial score (nSPS) is 17.7. The van der Waals surface area contributed by atoms with Crippen molar-refractivity contribution in [3.05, 3.63) is 45.1 Å². The van der Waals surface area contributed by atoms with Gasteiger partial charge in [0, 0.05) is 12.5 Å². The topological polar surface area (TPSA) is 110 Å². The fourth-order valence-corrected chi connectivity index (χ4v) is 2.89.